The van der Waals surface area contributed by atoms with E-state index in [-0.39, 0.29) is 17.1 Å². The van der Waals surface area contributed by atoms with Crippen molar-refractivity contribution in [1.29, 1.82) is 5.26 Å². The van der Waals surface area contributed by atoms with E-state index in [0.717, 1.165) is 39.4 Å². The van der Waals surface area contributed by atoms with Gasteiger partial charge < -0.3 is 5.32 Å². The Morgan fingerprint density at radius 1 is 1.19 bits per heavy atom. The van der Waals surface area contributed by atoms with Gasteiger partial charge in [0.25, 0.3) is 0 Å². The second kappa shape index (κ2) is 6.51. The summed E-state index contributed by atoms with van der Waals surface area (Å²) in [4.78, 5) is 14.1. The monoisotopic (exact) mass is 374 g/mol. The Labute approximate surface area is 164 Å². The van der Waals surface area contributed by atoms with Crippen LogP contribution in [-0.2, 0) is 4.79 Å². The number of nitrogens with one attached hydrogen (secondary N) is 1. The van der Waals surface area contributed by atoms with Gasteiger partial charge in [-0.25, -0.2) is 0 Å². The number of dihydropyridines is 1. The zero-order chi connectivity index (χ0) is 19.2. The third-order valence-corrected chi connectivity index (χ3v) is 6.37. The van der Waals surface area contributed by atoms with E-state index in [9.17, 15) is 10.1 Å². The van der Waals surface area contributed by atoms with E-state index < -0.39 is 0 Å². The Kier molecular flexibility index (Phi) is 4.28. The number of carbonyl (C=O) groups is 1. The number of nitriles is 1. The summed E-state index contributed by atoms with van der Waals surface area (Å²) in [7, 11) is 0. The summed E-state index contributed by atoms with van der Waals surface area (Å²) in [6.45, 7) is 6.19. The fourth-order valence-electron chi connectivity index (χ4n) is 4.15. The van der Waals surface area contributed by atoms with Gasteiger partial charge in [-0.15, -0.1) is 11.3 Å². The minimum Gasteiger partial charge on any atom is -0.361 e. The average molecular weight is 375 g/mol. The highest BCUT2D eigenvalue weighted by Gasteiger charge is 2.41. The predicted molar refractivity (Wildman–Crippen MR) is 109 cm³/mol. The van der Waals surface area contributed by atoms with Crippen molar-refractivity contribution < 1.29 is 4.79 Å². The molecular weight excluding hydrogens is 352 g/mol. The van der Waals surface area contributed by atoms with Crippen molar-refractivity contribution in [2.75, 3.05) is 0 Å². The molecule has 3 nitrogen and oxygen atoms in total. The molecule has 1 aliphatic carbocycles. The summed E-state index contributed by atoms with van der Waals surface area (Å²) in [5.41, 5.74) is 5.53. The number of nitrogens with zero attached hydrogens (tertiary/aromatic N) is 1. The molecule has 0 fully saturated rings. The van der Waals surface area contributed by atoms with Crippen molar-refractivity contribution in [2.45, 2.75) is 39.5 Å². The predicted octanol–water partition coefficient (Wildman–Crippen LogP) is 5.54. The number of hydrogen-bond donors (Lipinski definition) is 1. The molecule has 1 atom stereocenters. The third-order valence-electron chi connectivity index (χ3n) is 5.37. The molecule has 1 aromatic heterocycles. The molecule has 0 unspecified atom stereocenters. The summed E-state index contributed by atoms with van der Waals surface area (Å²) < 4.78 is 0. The fraction of sp³-hybridized carbons (Fsp3) is 0.304. The lowest BCUT2D eigenvalue weighted by Gasteiger charge is -2.38. The first-order valence-corrected chi connectivity index (χ1v) is 10.1. The van der Waals surface area contributed by atoms with Crippen molar-refractivity contribution in [2.24, 2.45) is 5.41 Å². The van der Waals surface area contributed by atoms with Gasteiger partial charge in [-0.3, -0.25) is 4.79 Å². The van der Waals surface area contributed by atoms with Gasteiger partial charge in [0.05, 0.1) is 17.6 Å². The Hall–Kier alpha value is -2.64. The van der Waals surface area contributed by atoms with Crippen LogP contribution in [0.4, 0.5) is 0 Å². The van der Waals surface area contributed by atoms with Crippen molar-refractivity contribution in [3.63, 3.8) is 0 Å². The van der Waals surface area contributed by atoms with Crippen LogP contribution in [0.5, 0.6) is 0 Å². The molecule has 0 amide bonds. The number of Topliss-reactive ketones (excluding diaryl/α,β-unsaturated/α-hetero) is 1. The first-order chi connectivity index (χ1) is 12.9. The molecule has 2 heterocycles. The van der Waals surface area contributed by atoms with E-state index in [1.165, 1.54) is 0 Å². The van der Waals surface area contributed by atoms with Gasteiger partial charge in [0.2, 0.25) is 0 Å². The fourth-order valence-corrected chi connectivity index (χ4v) is 5.19. The highest BCUT2D eigenvalue weighted by Crippen LogP contribution is 2.48. The number of allylic oxidation sites excluding steroid dienone is 4. The van der Waals surface area contributed by atoms with E-state index in [2.05, 4.69) is 48.8 Å². The Morgan fingerprint density at radius 3 is 2.63 bits per heavy atom. The summed E-state index contributed by atoms with van der Waals surface area (Å²) in [6, 6.07) is 14.7. The molecule has 1 N–H and O–H groups in total. The number of thiophene rings is 1. The lowest BCUT2D eigenvalue weighted by atomic mass is 9.70. The maximum atomic E-state index is 13.0. The standard InChI is InChI=1S/C23H22N2OS/c1-14-17(12-24)21(22-18(25-14)10-23(2,3)11-19(22)26)20-9-16(13-27-20)15-7-5-4-6-8-15/h4-9,13,21,25H,10-11H2,1-3H3/t21-/m1/s1. The van der Waals surface area contributed by atoms with Crippen LogP contribution in [0.3, 0.4) is 0 Å². The summed E-state index contributed by atoms with van der Waals surface area (Å²) in [5.74, 6) is -0.0917. The molecule has 0 bridgehead atoms. The highest BCUT2D eigenvalue weighted by atomic mass is 32.1. The molecular formula is C23H22N2OS. The molecule has 1 aliphatic heterocycles. The molecule has 0 spiro atoms. The Balaban J connectivity index is 1.83. The quantitative estimate of drug-likeness (QED) is 0.750. The van der Waals surface area contributed by atoms with Crippen molar-refractivity contribution >= 4 is 17.1 Å². The molecule has 27 heavy (non-hydrogen) atoms. The molecule has 136 valence electrons. The summed E-state index contributed by atoms with van der Waals surface area (Å²) in [5, 5.41) is 15.3. The van der Waals surface area contributed by atoms with Crippen LogP contribution >= 0.6 is 11.3 Å². The Morgan fingerprint density at radius 2 is 1.93 bits per heavy atom. The molecule has 2 aliphatic rings. The molecule has 0 saturated carbocycles. The van der Waals surface area contributed by atoms with Crippen LogP contribution in [0.2, 0.25) is 0 Å². The maximum absolute atomic E-state index is 13.0. The van der Waals surface area contributed by atoms with E-state index >= 15 is 0 Å². The zero-order valence-electron chi connectivity index (χ0n) is 15.8. The van der Waals surface area contributed by atoms with E-state index in [1.54, 1.807) is 11.3 Å². The number of ketones is 1. The number of benzene rings is 1. The van der Waals surface area contributed by atoms with Crippen LogP contribution in [0.25, 0.3) is 11.1 Å². The summed E-state index contributed by atoms with van der Waals surface area (Å²) in [6.07, 6.45) is 1.36. The molecule has 0 radical (unpaired) electrons. The van der Waals surface area contributed by atoms with Crippen LogP contribution in [0.15, 0.2) is 64.3 Å². The average Bonchev–Trinajstić information content (AvgIpc) is 3.10. The smallest absolute Gasteiger partial charge is 0.162 e. The van der Waals surface area contributed by atoms with Crippen LogP contribution in [-0.4, -0.2) is 5.78 Å². The molecule has 2 aromatic rings. The van der Waals surface area contributed by atoms with Crippen molar-refractivity contribution in [1.82, 2.24) is 5.32 Å². The Bertz CT molecular complexity index is 1020. The van der Waals surface area contributed by atoms with Crippen LogP contribution < -0.4 is 5.32 Å². The van der Waals surface area contributed by atoms with Gasteiger partial charge in [-0.1, -0.05) is 44.2 Å². The minimum absolute atomic E-state index is 0.0530. The molecule has 4 heteroatoms. The molecule has 4 rings (SSSR count). The lowest BCUT2D eigenvalue weighted by molar-refractivity contribution is -0.118. The number of hydrogen-bond acceptors (Lipinski definition) is 4. The normalized spacial score (nSPS) is 21.6. The lowest BCUT2D eigenvalue weighted by Crippen LogP contribution is -2.36. The van der Waals surface area contributed by atoms with Gasteiger partial charge in [0.1, 0.15) is 0 Å². The second-order valence-electron chi connectivity index (χ2n) is 8.15. The number of carbonyl (C=O) groups excluding carboxylic acids is 1. The maximum Gasteiger partial charge on any atom is 0.162 e. The van der Waals surface area contributed by atoms with Crippen molar-refractivity contribution in [3.05, 3.63) is 69.2 Å². The zero-order valence-corrected chi connectivity index (χ0v) is 16.6. The molecule has 0 saturated heterocycles. The molecule has 1 aromatic carbocycles. The van der Waals surface area contributed by atoms with Gasteiger partial charge in [0, 0.05) is 28.3 Å². The van der Waals surface area contributed by atoms with Crippen LogP contribution in [0.1, 0.15) is 44.4 Å². The SMILES string of the molecule is CC1=C(C#N)[C@H](c2cc(-c3ccccc3)cs2)C2=C(CC(C)(C)CC2=O)N1. The first-order valence-electron chi connectivity index (χ1n) is 9.17. The summed E-state index contributed by atoms with van der Waals surface area (Å²) >= 11 is 1.63. The van der Waals surface area contributed by atoms with Gasteiger partial charge in [0.15, 0.2) is 5.78 Å². The second-order valence-corrected chi connectivity index (χ2v) is 9.09. The van der Waals surface area contributed by atoms with E-state index in [4.69, 9.17) is 0 Å². The third kappa shape index (κ3) is 3.13. The minimum atomic E-state index is -0.252. The van der Waals surface area contributed by atoms with E-state index in [0.29, 0.717) is 12.0 Å². The van der Waals surface area contributed by atoms with Gasteiger partial charge in [-0.05, 0) is 41.3 Å². The largest absolute Gasteiger partial charge is 0.361 e. The number of rotatable bonds is 2. The van der Waals surface area contributed by atoms with Gasteiger partial charge >= 0.3 is 0 Å². The highest BCUT2D eigenvalue weighted by molar-refractivity contribution is 7.10. The first kappa shape index (κ1) is 17.8. The topological polar surface area (TPSA) is 52.9 Å². The van der Waals surface area contributed by atoms with Crippen LogP contribution in [0, 0.1) is 16.7 Å². The van der Waals surface area contributed by atoms with Gasteiger partial charge in [-0.2, -0.15) is 5.26 Å². The van der Waals surface area contributed by atoms with Crippen molar-refractivity contribution in [3.8, 4) is 17.2 Å². The van der Waals surface area contributed by atoms with E-state index in [1.807, 2.05) is 25.1 Å².